The minimum absolute atomic E-state index is 0.201. The molecule has 0 aliphatic carbocycles. The molecule has 1 aliphatic rings. The highest BCUT2D eigenvalue weighted by molar-refractivity contribution is 5.81. The number of rotatable bonds is 6. The molecule has 0 unspecified atom stereocenters. The van der Waals surface area contributed by atoms with Crippen LogP contribution in [0.25, 0.3) is 0 Å². The number of para-hydroxylation sites is 1. The van der Waals surface area contributed by atoms with E-state index in [0.717, 1.165) is 10.4 Å². The van der Waals surface area contributed by atoms with Crippen molar-refractivity contribution < 1.29 is 14.3 Å². The van der Waals surface area contributed by atoms with Gasteiger partial charge in [-0.15, -0.1) is 5.10 Å². The number of nitrogens with one attached hydrogen (secondary N) is 1. The fourth-order valence-electron chi connectivity index (χ4n) is 2.76. The van der Waals surface area contributed by atoms with Gasteiger partial charge in [-0.2, -0.15) is 0 Å². The highest BCUT2D eigenvalue weighted by Crippen LogP contribution is 2.25. The zero-order valence-electron chi connectivity index (χ0n) is 14.8. The molecule has 0 saturated carbocycles. The quantitative estimate of drug-likeness (QED) is 0.522. The third kappa shape index (κ3) is 3.89. The van der Waals surface area contributed by atoms with Crippen molar-refractivity contribution in [2.75, 3.05) is 24.6 Å². The molecule has 0 atom stereocenters. The van der Waals surface area contributed by atoms with Crippen molar-refractivity contribution in [3.8, 4) is 0 Å². The molecule has 0 bridgehead atoms. The van der Waals surface area contributed by atoms with E-state index >= 15 is 0 Å². The van der Waals surface area contributed by atoms with E-state index in [1.54, 1.807) is 11.8 Å². The zero-order chi connectivity index (χ0) is 19.4. The first-order valence-corrected chi connectivity index (χ1v) is 8.48. The molecule has 1 aromatic carbocycles. The molecular weight excluding hydrogens is 354 g/mol. The van der Waals surface area contributed by atoms with E-state index in [1.165, 1.54) is 4.57 Å². The highest BCUT2D eigenvalue weighted by Gasteiger charge is 2.26. The van der Waals surface area contributed by atoms with Crippen LogP contribution in [0.5, 0.6) is 0 Å². The Bertz CT molecular complexity index is 966. The summed E-state index contributed by atoms with van der Waals surface area (Å²) in [6.45, 7) is 1.89. The molecule has 0 spiro atoms. The van der Waals surface area contributed by atoms with Crippen LogP contribution in [-0.2, 0) is 27.4 Å². The van der Waals surface area contributed by atoms with Gasteiger partial charge in [-0.3, -0.25) is 23.7 Å². The molecule has 1 aromatic heterocycles. The van der Waals surface area contributed by atoms with Gasteiger partial charge < -0.3 is 15.0 Å². The number of benzene rings is 1. The Morgan fingerprint density at radius 1 is 1.15 bits per heavy atom. The summed E-state index contributed by atoms with van der Waals surface area (Å²) in [4.78, 5) is 49.7. The third-order valence-electron chi connectivity index (χ3n) is 4.00. The molecule has 2 aromatic rings. The van der Waals surface area contributed by atoms with E-state index in [-0.39, 0.29) is 13.2 Å². The van der Waals surface area contributed by atoms with Crippen LogP contribution in [0.2, 0.25) is 0 Å². The number of fused-ring (bicyclic) bond motifs is 1. The molecular formula is C17H19N5O5. The van der Waals surface area contributed by atoms with E-state index in [4.69, 9.17) is 4.74 Å². The predicted octanol–water partition coefficient (Wildman–Crippen LogP) is -0.764. The van der Waals surface area contributed by atoms with Crippen molar-refractivity contribution in [2.45, 2.75) is 20.0 Å². The zero-order valence-corrected chi connectivity index (χ0v) is 14.8. The van der Waals surface area contributed by atoms with Gasteiger partial charge >= 0.3 is 17.1 Å². The second-order valence-corrected chi connectivity index (χ2v) is 5.79. The first-order valence-electron chi connectivity index (χ1n) is 8.48. The molecule has 0 saturated heterocycles. The van der Waals surface area contributed by atoms with Crippen molar-refractivity contribution in [1.82, 2.24) is 19.7 Å². The maximum Gasteiger partial charge on any atom is 0.333 e. The van der Waals surface area contributed by atoms with E-state index in [0.29, 0.717) is 19.0 Å². The van der Waals surface area contributed by atoms with Gasteiger partial charge in [0.1, 0.15) is 13.1 Å². The lowest BCUT2D eigenvalue weighted by molar-refractivity contribution is -0.143. The summed E-state index contributed by atoms with van der Waals surface area (Å²) in [5.41, 5.74) is -0.802. The van der Waals surface area contributed by atoms with E-state index < -0.39 is 29.5 Å². The van der Waals surface area contributed by atoms with Crippen molar-refractivity contribution in [3.63, 3.8) is 0 Å². The van der Waals surface area contributed by atoms with Crippen molar-refractivity contribution in [2.24, 2.45) is 0 Å². The maximum atomic E-state index is 12.3. The fourth-order valence-corrected chi connectivity index (χ4v) is 2.76. The van der Waals surface area contributed by atoms with E-state index in [1.807, 2.05) is 30.3 Å². The van der Waals surface area contributed by atoms with Crippen LogP contribution < -0.4 is 21.3 Å². The maximum absolute atomic E-state index is 12.3. The van der Waals surface area contributed by atoms with Crippen molar-refractivity contribution in [1.29, 1.82) is 0 Å². The van der Waals surface area contributed by atoms with Crippen LogP contribution in [0, 0.1) is 0 Å². The molecule has 27 heavy (non-hydrogen) atoms. The summed E-state index contributed by atoms with van der Waals surface area (Å²) in [6, 6.07) is 9.31. The molecule has 0 fully saturated rings. The Labute approximate surface area is 154 Å². The molecule has 142 valence electrons. The number of amides is 1. The third-order valence-corrected chi connectivity index (χ3v) is 4.00. The Balaban J connectivity index is 1.83. The minimum Gasteiger partial charge on any atom is -0.465 e. The first kappa shape index (κ1) is 18.4. The number of hydrogen-bond acceptors (Lipinski definition) is 7. The lowest BCUT2D eigenvalue weighted by Crippen LogP contribution is -2.45. The van der Waals surface area contributed by atoms with Gasteiger partial charge in [-0.25, -0.2) is 4.68 Å². The van der Waals surface area contributed by atoms with Crippen LogP contribution in [0.1, 0.15) is 6.92 Å². The van der Waals surface area contributed by atoms with Gasteiger partial charge in [0, 0.05) is 18.8 Å². The molecule has 10 nitrogen and oxygen atoms in total. The lowest BCUT2D eigenvalue weighted by atomic mass is 10.3. The Morgan fingerprint density at radius 2 is 1.89 bits per heavy atom. The van der Waals surface area contributed by atoms with Crippen LogP contribution in [0.3, 0.4) is 0 Å². The van der Waals surface area contributed by atoms with Crippen LogP contribution >= 0.6 is 0 Å². The molecule has 10 heteroatoms. The number of anilines is 2. The number of nitrogens with zero attached hydrogens (tertiary/aromatic N) is 4. The SMILES string of the molecule is CCOC(=O)CNC(=O)Cn1nc2n(c(=O)c1=O)CCN2c1ccccc1. The number of hydrogen-bond donors (Lipinski definition) is 1. The molecule has 2 heterocycles. The Morgan fingerprint density at radius 3 is 2.59 bits per heavy atom. The normalized spacial score (nSPS) is 12.6. The topological polar surface area (TPSA) is 116 Å². The van der Waals surface area contributed by atoms with Crippen molar-refractivity contribution >= 4 is 23.5 Å². The number of carbonyl (C=O) groups is 2. The molecule has 1 amide bonds. The standard InChI is InChI=1S/C17H19N5O5/c1-2-27-14(24)10-18-13(23)11-22-16(26)15(25)21-9-8-20(17(21)19-22)12-6-4-3-5-7-12/h3-7H,2,8-11H2,1H3,(H,18,23). The Hall–Kier alpha value is -3.43. The summed E-state index contributed by atoms with van der Waals surface area (Å²) >= 11 is 0. The van der Waals surface area contributed by atoms with Gasteiger partial charge in [-0.1, -0.05) is 18.2 Å². The smallest absolute Gasteiger partial charge is 0.333 e. The van der Waals surface area contributed by atoms with Crippen molar-refractivity contribution in [3.05, 3.63) is 51.0 Å². The number of aromatic nitrogens is 3. The fraction of sp³-hybridized carbons (Fsp3) is 0.353. The summed E-state index contributed by atoms with van der Waals surface area (Å²) in [6.07, 6.45) is 0. The first-order chi connectivity index (χ1) is 13.0. The number of ether oxygens (including phenoxy) is 1. The predicted molar refractivity (Wildman–Crippen MR) is 95.8 cm³/mol. The minimum atomic E-state index is -0.889. The average molecular weight is 373 g/mol. The summed E-state index contributed by atoms with van der Waals surface area (Å²) in [5.74, 6) is -0.911. The monoisotopic (exact) mass is 373 g/mol. The summed E-state index contributed by atoms with van der Waals surface area (Å²) < 4.78 is 6.82. The average Bonchev–Trinajstić information content (AvgIpc) is 3.09. The van der Waals surface area contributed by atoms with Crippen LogP contribution in [0.4, 0.5) is 11.6 Å². The second-order valence-electron chi connectivity index (χ2n) is 5.79. The lowest BCUT2D eigenvalue weighted by Gasteiger charge is -2.17. The molecule has 1 N–H and O–H groups in total. The van der Waals surface area contributed by atoms with Gasteiger partial charge in [0.15, 0.2) is 0 Å². The molecule has 0 radical (unpaired) electrons. The summed E-state index contributed by atoms with van der Waals surface area (Å²) in [7, 11) is 0. The van der Waals surface area contributed by atoms with Gasteiger partial charge in [0.25, 0.3) is 0 Å². The number of carbonyl (C=O) groups excluding carboxylic acids is 2. The largest absolute Gasteiger partial charge is 0.465 e. The van der Waals surface area contributed by atoms with Crippen LogP contribution in [0.15, 0.2) is 39.9 Å². The summed E-state index contributed by atoms with van der Waals surface area (Å²) in [5, 5.41) is 6.53. The van der Waals surface area contributed by atoms with Gasteiger partial charge in [-0.05, 0) is 19.1 Å². The van der Waals surface area contributed by atoms with Crippen LogP contribution in [-0.4, -0.2) is 45.9 Å². The van der Waals surface area contributed by atoms with Gasteiger partial charge in [0.05, 0.1) is 6.61 Å². The van der Waals surface area contributed by atoms with E-state index in [2.05, 4.69) is 10.4 Å². The Kier molecular flexibility index (Phi) is 5.34. The van der Waals surface area contributed by atoms with Gasteiger partial charge in [0.2, 0.25) is 11.9 Å². The molecule has 3 rings (SSSR count). The molecule has 1 aliphatic heterocycles. The second kappa shape index (κ2) is 7.85. The number of esters is 1. The van der Waals surface area contributed by atoms with E-state index in [9.17, 15) is 19.2 Å². The highest BCUT2D eigenvalue weighted by atomic mass is 16.5.